The largest absolute Gasteiger partial charge is 0.469 e. The molecule has 1 N–H and O–H groups in total. The summed E-state index contributed by atoms with van der Waals surface area (Å²) in [4.78, 5) is 12.5. The second-order valence-electron chi connectivity index (χ2n) is 7.80. The fraction of sp³-hybridized carbons (Fsp3) is 0.500. The number of carbonyl (C=O) groups excluding carboxylic acids is 1. The zero-order valence-corrected chi connectivity index (χ0v) is 21.1. The number of alkyl halides is 5. The second kappa shape index (κ2) is 12.5. The van der Waals surface area contributed by atoms with Crippen LogP contribution < -0.4 is 4.72 Å². The van der Waals surface area contributed by atoms with Crippen molar-refractivity contribution in [2.75, 3.05) is 13.8 Å². The first-order valence-corrected chi connectivity index (χ1v) is 13.2. The van der Waals surface area contributed by atoms with E-state index in [1.54, 1.807) is 12.1 Å². The highest BCUT2D eigenvalue weighted by Gasteiger charge is 2.55. The van der Waals surface area contributed by atoms with Gasteiger partial charge in [-0.15, -0.1) is 11.3 Å². The number of benzene rings is 1. The van der Waals surface area contributed by atoms with Crippen LogP contribution in [-0.4, -0.2) is 40.0 Å². The normalized spacial score (nSPS) is 13.6. The number of esters is 1. The lowest BCUT2D eigenvalue weighted by atomic mass is 10.0. The van der Waals surface area contributed by atoms with E-state index in [4.69, 9.17) is 11.6 Å². The molecule has 2 aromatic rings. The third-order valence-corrected chi connectivity index (χ3v) is 8.16. The van der Waals surface area contributed by atoms with Gasteiger partial charge in [-0.05, 0) is 62.1 Å². The second-order valence-corrected chi connectivity index (χ2v) is 11.1. The number of ether oxygens (including phenoxy) is 1. The van der Waals surface area contributed by atoms with E-state index in [0.29, 0.717) is 22.7 Å². The van der Waals surface area contributed by atoms with Gasteiger partial charge in [-0.3, -0.25) is 4.79 Å². The number of aryl methyl sites for hydroxylation is 1. The first-order valence-electron chi connectivity index (χ1n) is 10.6. The number of halogens is 6. The van der Waals surface area contributed by atoms with Crippen molar-refractivity contribution in [2.24, 2.45) is 0 Å². The van der Waals surface area contributed by atoms with Gasteiger partial charge < -0.3 is 4.74 Å². The standard InChI is InChI=1S/C22H25ClF5NO4S2/c1-33-20(30)6-2-4-16-9-12-19(34-16)18(5-3-13-21(25,26)22(27,28)14-24)29-35(31,32)17-10-7-15(23)8-11-17/h7-12,18,29H,2-6,13-14H2,1H3. The predicted molar refractivity (Wildman–Crippen MR) is 124 cm³/mol. The highest BCUT2D eigenvalue weighted by Crippen LogP contribution is 2.39. The van der Waals surface area contributed by atoms with E-state index in [2.05, 4.69) is 9.46 Å². The summed E-state index contributed by atoms with van der Waals surface area (Å²) in [7, 11) is -2.83. The summed E-state index contributed by atoms with van der Waals surface area (Å²) in [6, 6.07) is 7.61. The lowest BCUT2D eigenvalue weighted by Gasteiger charge is -2.25. The van der Waals surface area contributed by atoms with Crippen molar-refractivity contribution < 1.29 is 39.9 Å². The molecule has 2 rings (SSSR count). The Labute approximate surface area is 209 Å². The molecule has 13 heteroatoms. The minimum Gasteiger partial charge on any atom is -0.469 e. The first-order chi connectivity index (χ1) is 16.3. The van der Waals surface area contributed by atoms with Crippen molar-refractivity contribution in [1.82, 2.24) is 4.72 Å². The van der Waals surface area contributed by atoms with Crippen LogP contribution in [0.25, 0.3) is 0 Å². The lowest BCUT2D eigenvalue weighted by molar-refractivity contribution is -0.219. The molecule has 1 aromatic carbocycles. The Morgan fingerprint density at radius 2 is 1.74 bits per heavy atom. The van der Waals surface area contributed by atoms with Gasteiger partial charge in [0.05, 0.1) is 18.0 Å². The Bertz CT molecular complexity index is 1080. The minimum absolute atomic E-state index is 0.115. The third-order valence-electron chi connectivity index (χ3n) is 5.17. The van der Waals surface area contributed by atoms with Crippen molar-refractivity contribution in [3.63, 3.8) is 0 Å². The molecule has 0 radical (unpaired) electrons. The summed E-state index contributed by atoms with van der Waals surface area (Å²) in [6.07, 6.45) is -0.872. The van der Waals surface area contributed by atoms with Crippen molar-refractivity contribution >= 4 is 38.9 Å². The lowest BCUT2D eigenvalue weighted by Crippen LogP contribution is -2.42. The number of carbonyl (C=O) groups is 1. The Morgan fingerprint density at radius 3 is 2.34 bits per heavy atom. The maximum Gasteiger partial charge on any atom is 0.337 e. The van der Waals surface area contributed by atoms with Crippen LogP contribution in [0.15, 0.2) is 41.3 Å². The molecule has 0 saturated heterocycles. The fourth-order valence-electron chi connectivity index (χ4n) is 3.16. The maximum atomic E-state index is 13.8. The molecule has 0 amide bonds. The molecular formula is C22H25ClF5NO4S2. The van der Waals surface area contributed by atoms with E-state index in [1.165, 1.54) is 42.7 Å². The molecule has 0 fully saturated rings. The Kier molecular flexibility index (Phi) is 10.5. The monoisotopic (exact) mass is 561 g/mol. The highest BCUT2D eigenvalue weighted by molar-refractivity contribution is 7.89. The van der Waals surface area contributed by atoms with Gasteiger partial charge in [0, 0.05) is 27.6 Å². The van der Waals surface area contributed by atoms with Gasteiger partial charge in [0.15, 0.2) is 6.67 Å². The molecule has 196 valence electrons. The van der Waals surface area contributed by atoms with E-state index in [9.17, 15) is 35.2 Å². The zero-order valence-electron chi connectivity index (χ0n) is 18.7. The summed E-state index contributed by atoms with van der Waals surface area (Å²) in [6.45, 7) is -2.49. The molecular weight excluding hydrogens is 537 g/mol. The van der Waals surface area contributed by atoms with E-state index in [-0.39, 0.29) is 23.7 Å². The average Bonchev–Trinajstić information content (AvgIpc) is 3.27. The van der Waals surface area contributed by atoms with Crippen LogP contribution in [0.2, 0.25) is 5.02 Å². The summed E-state index contributed by atoms with van der Waals surface area (Å²) < 4.78 is 99.1. The van der Waals surface area contributed by atoms with E-state index in [0.717, 1.165) is 4.88 Å². The topological polar surface area (TPSA) is 72.5 Å². The van der Waals surface area contributed by atoms with Gasteiger partial charge in [0.25, 0.3) is 0 Å². The summed E-state index contributed by atoms with van der Waals surface area (Å²) in [5.41, 5.74) is 0. The molecule has 1 heterocycles. The van der Waals surface area contributed by atoms with Crippen molar-refractivity contribution in [2.45, 2.75) is 61.3 Å². The van der Waals surface area contributed by atoms with Crippen molar-refractivity contribution in [3.05, 3.63) is 51.2 Å². The Balaban J connectivity index is 2.19. The number of methoxy groups -OCH3 is 1. The number of rotatable bonds is 14. The van der Waals surface area contributed by atoms with Gasteiger partial charge in [-0.1, -0.05) is 11.6 Å². The molecule has 1 aromatic heterocycles. The van der Waals surface area contributed by atoms with Gasteiger partial charge in [0.2, 0.25) is 10.0 Å². The van der Waals surface area contributed by atoms with Crippen LogP contribution in [0.5, 0.6) is 0 Å². The van der Waals surface area contributed by atoms with Crippen LogP contribution in [0, 0.1) is 0 Å². The van der Waals surface area contributed by atoms with Gasteiger partial charge in [-0.25, -0.2) is 17.5 Å². The van der Waals surface area contributed by atoms with Gasteiger partial charge >= 0.3 is 17.8 Å². The van der Waals surface area contributed by atoms with E-state index in [1.807, 2.05) is 0 Å². The summed E-state index contributed by atoms with van der Waals surface area (Å²) in [5.74, 6) is -9.75. The Hall–Kier alpha value is -1.76. The number of hydrogen-bond acceptors (Lipinski definition) is 5. The number of hydrogen-bond donors (Lipinski definition) is 1. The fourth-order valence-corrected chi connectivity index (χ4v) is 5.75. The Morgan fingerprint density at radius 1 is 1.09 bits per heavy atom. The summed E-state index contributed by atoms with van der Waals surface area (Å²) in [5, 5.41) is 0.311. The van der Waals surface area contributed by atoms with Gasteiger partial charge in [0.1, 0.15) is 0 Å². The molecule has 0 aliphatic heterocycles. The van der Waals surface area contributed by atoms with Crippen molar-refractivity contribution in [1.29, 1.82) is 0 Å². The molecule has 35 heavy (non-hydrogen) atoms. The SMILES string of the molecule is COC(=O)CCCc1ccc(C(CCCC(F)(F)C(F)(F)CF)NS(=O)(=O)c2ccc(Cl)cc2)s1. The molecule has 1 unspecified atom stereocenters. The molecule has 0 spiro atoms. The quantitative estimate of drug-likeness (QED) is 0.216. The summed E-state index contributed by atoms with van der Waals surface area (Å²) >= 11 is 7.01. The molecule has 1 atom stereocenters. The smallest absolute Gasteiger partial charge is 0.337 e. The third kappa shape index (κ3) is 8.40. The molecule has 5 nitrogen and oxygen atoms in total. The highest BCUT2D eigenvalue weighted by atomic mass is 35.5. The number of thiophene rings is 1. The molecule has 0 bridgehead atoms. The zero-order chi connectivity index (χ0) is 26.3. The predicted octanol–water partition coefficient (Wildman–Crippen LogP) is 6.33. The van der Waals surface area contributed by atoms with E-state index < -0.39 is 47.4 Å². The van der Waals surface area contributed by atoms with Crippen LogP contribution >= 0.6 is 22.9 Å². The van der Waals surface area contributed by atoms with Gasteiger partial charge in [-0.2, -0.15) is 17.6 Å². The minimum atomic E-state index is -4.80. The number of nitrogens with one attached hydrogen (secondary N) is 1. The van der Waals surface area contributed by atoms with E-state index >= 15 is 0 Å². The van der Waals surface area contributed by atoms with Crippen LogP contribution in [-0.2, 0) is 26.0 Å². The van der Waals surface area contributed by atoms with Crippen molar-refractivity contribution in [3.8, 4) is 0 Å². The maximum absolute atomic E-state index is 13.8. The number of sulfonamides is 1. The van der Waals surface area contributed by atoms with Crippen LogP contribution in [0.1, 0.15) is 47.9 Å². The van der Waals surface area contributed by atoms with Crippen LogP contribution in [0.4, 0.5) is 22.0 Å². The molecule has 0 saturated carbocycles. The van der Waals surface area contributed by atoms with Crippen LogP contribution in [0.3, 0.4) is 0 Å². The molecule has 0 aliphatic rings. The first kappa shape index (κ1) is 29.5. The molecule has 0 aliphatic carbocycles. The average molecular weight is 562 g/mol.